The zero-order valence-electron chi connectivity index (χ0n) is 27.4. The molecular weight excluding hydrogens is 625 g/mol. The van der Waals surface area contributed by atoms with Gasteiger partial charge in [-0.3, -0.25) is 24.1 Å². The van der Waals surface area contributed by atoms with E-state index in [2.05, 4.69) is 0 Å². The minimum absolute atomic E-state index is 0.0877. The van der Waals surface area contributed by atoms with Crippen molar-refractivity contribution >= 4 is 43.5 Å². The number of carbonyl (C=O) groups excluding carboxylic acids is 4. The smallest absolute Gasteiger partial charge is 0.304 e. The summed E-state index contributed by atoms with van der Waals surface area (Å²) in [6.45, 7) is 6.83. The Kier molecular flexibility index (Phi) is 8.68. The summed E-state index contributed by atoms with van der Waals surface area (Å²) < 4.78 is 33.9. The number of fused-ring (bicyclic) bond motifs is 2. The molecule has 3 saturated heterocycles. The largest absolute Gasteiger partial charge is 0.497 e. The number of rotatable bonds is 9. The summed E-state index contributed by atoms with van der Waals surface area (Å²) in [6.07, 6.45) is -0.0294. The number of hydrogen-bond donors (Lipinski definition) is 1. The number of nitrogens with zero attached hydrogens (tertiary/aromatic N) is 3. The molecule has 1 unspecified atom stereocenters. The average molecular weight is 668 g/mol. The van der Waals surface area contributed by atoms with Gasteiger partial charge in [0.15, 0.2) is 11.8 Å². The quantitative estimate of drug-likeness (QED) is 0.184. The van der Waals surface area contributed by atoms with Crippen LogP contribution < -0.4 is 14.5 Å². The van der Waals surface area contributed by atoms with E-state index in [1.54, 1.807) is 59.3 Å². The van der Waals surface area contributed by atoms with E-state index in [0.29, 0.717) is 41.2 Å². The molecule has 4 aliphatic heterocycles. The van der Waals surface area contributed by atoms with Gasteiger partial charge in [0.2, 0.25) is 20.2 Å². The zero-order valence-corrected chi connectivity index (χ0v) is 28.4. The number of ether oxygens (including phenoxy) is 3. The first-order chi connectivity index (χ1) is 22.3. The van der Waals surface area contributed by atoms with Gasteiger partial charge in [0.25, 0.3) is 5.91 Å². The van der Waals surface area contributed by atoms with Crippen LogP contribution in [0.4, 0.5) is 15.5 Å². The van der Waals surface area contributed by atoms with Gasteiger partial charge < -0.3 is 33.2 Å². The maximum absolute atomic E-state index is 16.3. The molecule has 4 heterocycles. The highest BCUT2D eigenvalue weighted by atomic mass is 28.4. The van der Waals surface area contributed by atoms with Crippen molar-refractivity contribution in [3.05, 3.63) is 53.6 Å². The topological polar surface area (TPSA) is 126 Å². The van der Waals surface area contributed by atoms with E-state index in [1.807, 2.05) is 13.0 Å². The van der Waals surface area contributed by atoms with Crippen LogP contribution in [0.15, 0.2) is 42.5 Å². The fourth-order valence-corrected chi connectivity index (χ4v) is 10.6. The maximum Gasteiger partial charge on any atom is 0.304 e. The van der Waals surface area contributed by atoms with E-state index in [9.17, 15) is 24.3 Å². The third kappa shape index (κ3) is 5.61. The van der Waals surface area contributed by atoms with Crippen LogP contribution in [0.3, 0.4) is 0 Å². The lowest BCUT2D eigenvalue weighted by Gasteiger charge is -2.39. The molecule has 0 aliphatic carbocycles. The van der Waals surface area contributed by atoms with Crippen LogP contribution >= 0.6 is 0 Å². The Morgan fingerprint density at radius 1 is 1.17 bits per heavy atom. The maximum atomic E-state index is 16.3. The third-order valence-electron chi connectivity index (χ3n) is 10.2. The first-order valence-corrected chi connectivity index (χ1v) is 19.1. The Morgan fingerprint density at radius 3 is 2.60 bits per heavy atom. The van der Waals surface area contributed by atoms with Crippen molar-refractivity contribution in [1.82, 2.24) is 4.90 Å². The minimum Gasteiger partial charge on any atom is -0.497 e. The van der Waals surface area contributed by atoms with Gasteiger partial charge in [-0.1, -0.05) is 19.1 Å². The van der Waals surface area contributed by atoms with Crippen molar-refractivity contribution in [3.63, 3.8) is 0 Å². The Morgan fingerprint density at radius 2 is 1.94 bits per heavy atom. The molecule has 1 N–H and O–H groups in total. The second kappa shape index (κ2) is 12.3. The Bertz CT molecular complexity index is 1600. The summed E-state index contributed by atoms with van der Waals surface area (Å²) in [5.41, 5.74) is 0.195. The van der Waals surface area contributed by atoms with Crippen molar-refractivity contribution in [1.29, 1.82) is 0 Å². The molecule has 1 spiro atoms. The van der Waals surface area contributed by atoms with Crippen LogP contribution in [0.1, 0.15) is 50.7 Å². The number of amides is 3. The normalized spacial score (nSPS) is 28.6. The van der Waals surface area contributed by atoms with Gasteiger partial charge in [-0.15, -0.1) is 0 Å². The molecule has 6 atom stereocenters. The molecule has 3 fully saturated rings. The highest BCUT2D eigenvalue weighted by molar-refractivity contribution is 6.72. The number of hydrogen-bond acceptors (Lipinski definition) is 8. The van der Waals surface area contributed by atoms with Gasteiger partial charge in [-0.2, -0.15) is 0 Å². The molecule has 3 amide bonds. The Labute approximate surface area is 274 Å². The van der Waals surface area contributed by atoms with Crippen molar-refractivity contribution in [2.75, 3.05) is 30.1 Å². The van der Waals surface area contributed by atoms with Crippen molar-refractivity contribution in [3.8, 4) is 5.75 Å². The van der Waals surface area contributed by atoms with Crippen molar-refractivity contribution in [2.45, 2.75) is 88.7 Å². The fourth-order valence-electron chi connectivity index (χ4n) is 8.12. The monoisotopic (exact) mass is 667 g/mol. The SMILES string of the molecule is COc1ccc2c(c1)[C@@]1(O[C@H](CC(=O)N3CCC[C@H]3CO)[C@@H]([Si](C)(C)F)[C@@H]1C)C(=O)N2Cc1cccc(N2C(=O)CC2OC(C)=O)c1. The lowest BCUT2D eigenvalue weighted by Crippen LogP contribution is -2.54. The van der Waals surface area contributed by atoms with Crippen molar-refractivity contribution < 1.29 is 42.6 Å². The molecule has 47 heavy (non-hydrogen) atoms. The number of halogens is 1. The summed E-state index contributed by atoms with van der Waals surface area (Å²) in [7, 11) is -1.98. The highest BCUT2D eigenvalue weighted by Crippen LogP contribution is 2.60. The zero-order chi connectivity index (χ0) is 33.8. The van der Waals surface area contributed by atoms with Crippen LogP contribution in [-0.2, 0) is 40.8 Å². The fraction of sp³-hybridized carbons (Fsp3) is 0.529. The van der Waals surface area contributed by atoms with E-state index in [-0.39, 0.29) is 49.8 Å². The van der Waals surface area contributed by atoms with Gasteiger partial charge in [-0.25, -0.2) is 0 Å². The third-order valence-corrected chi connectivity index (χ3v) is 12.6. The van der Waals surface area contributed by atoms with Crippen LogP contribution in [0, 0.1) is 5.92 Å². The van der Waals surface area contributed by atoms with E-state index in [1.165, 1.54) is 18.9 Å². The van der Waals surface area contributed by atoms with Gasteiger partial charge in [0.05, 0.1) is 50.9 Å². The summed E-state index contributed by atoms with van der Waals surface area (Å²) in [6, 6.07) is 12.2. The number of anilines is 2. The standard InChI is InChI=1S/C34H42FN3O8Si/c1-20-32(47(4,5)35)28(16-29(41)36-13-7-10-24(36)19-39)46-34(20)26-15-25(44-3)11-12-27(26)37(33(34)43)18-22-8-6-9-23(14-22)38-30(42)17-31(38)45-21(2)40/h6,8-9,11-12,14-15,20,24,28,31-32,39H,7,10,13,16-19H2,1-5H3/t20-,24-,28+,31?,32-,34+/m0/s1. The molecule has 6 rings (SSSR count). The number of aliphatic hydroxyl groups is 1. The first kappa shape index (κ1) is 33.1. The molecule has 0 bridgehead atoms. The van der Waals surface area contributed by atoms with Gasteiger partial charge >= 0.3 is 5.97 Å². The van der Waals surface area contributed by atoms with Crippen LogP contribution in [0.2, 0.25) is 18.6 Å². The molecule has 0 saturated carbocycles. The number of esters is 1. The van der Waals surface area contributed by atoms with E-state index < -0.39 is 43.8 Å². The molecule has 252 valence electrons. The molecule has 4 aliphatic rings. The predicted molar refractivity (Wildman–Crippen MR) is 173 cm³/mol. The summed E-state index contributed by atoms with van der Waals surface area (Å²) >= 11 is 0. The molecule has 0 aromatic heterocycles. The number of carbonyl (C=O) groups is 4. The number of β-lactam (4-membered cyclic amide) rings is 1. The van der Waals surface area contributed by atoms with E-state index >= 15 is 4.11 Å². The summed E-state index contributed by atoms with van der Waals surface area (Å²) in [5.74, 6) is -1.32. The molecule has 2 aromatic carbocycles. The lowest BCUT2D eigenvalue weighted by molar-refractivity contribution is -0.154. The first-order valence-electron chi connectivity index (χ1n) is 16.2. The van der Waals surface area contributed by atoms with Crippen LogP contribution in [-0.4, -0.2) is 80.7 Å². The number of methoxy groups -OCH3 is 1. The Balaban J connectivity index is 1.35. The lowest BCUT2D eigenvalue weighted by atomic mass is 9.82. The molecule has 2 aromatic rings. The summed E-state index contributed by atoms with van der Waals surface area (Å²) in [5, 5.41) is 9.83. The average Bonchev–Trinajstić information content (AvgIpc) is 3.67. The second-order valence-corrected chi connectivity index (χ2v) is 17.3. The number of likely N-dealkylation sites (tertiary alicyclic amines) is 1. The molecule has 0 radical (unpaired) electrons. The highest BCUT2D eigenvalue weighted by Gasteiger charge is 2.67. The van der Waals surface area contributed by atoms with E-state index in [0.717, 1.165) is 6.42 Å². The predicted octanol–water partition coefficient (Wildman–Crippen LogP) is 4.02. The molecular formula is C34H42FN3O8Si. The molecule has 13 heteroatoms. The number of aliphatic hydroxyl groups excluding tert-OH is 1. The van der Waals surface area contributed by atoms with Gasteiger partial charge in [0.1, 0.15) is 5.75 Å². The van der Waals surface area contributed by atoms with Gasteiger partial charge in [0, 0.05) is 36.2 Å². The Hall–Kier alpha value is -3.81. The molecule has 11 nitrogen and oxygen atoms in total. The summed E-state index contributed by atoms with van der Waals surface area (Å²) in [4.78, 5) is 57.1. The van der Waals surface area contributed by atoms with Gasteiger partial charge in [-0.05, 0) is 61.8 Å². The number of benzene rings is 2. The van der Waals surface area contributed by atoms with Crippen LogP contribution in [0.5, 0.6) is 5.75 Å². The van der Waals surface area contributed by atoms with Crippen molar-refractivity contribution in [2.24, 2.45) is 5.92 Å². The van der Waals surface area contributed by atoms with Crippen LogP contribution in [0.25, 0.3) is 0 Å². The second-order valence-electron chi connectivity index (χ2n) is 13.5. The minimum atomic E-state index is -3.51. The van der Waals surface area contributed by atoms with E-state index in [4.69, 9.17) is 14.2 Å².